The second-order valence-corrected chi connectivity index (χ2v) is 5.58. The van der Waals surface area contributed by atoms with Crippen molar-refractivity contribution in [2.24, 2.45) is 0 Å². The Hall–Kier alpha value is -0.190. The van der Waals surface area contributed by atoms with Gasteiger partial charge < -0.3 is 5.73 Å². The third kappa shape index (κ3) is 1.58. The fourth-order valence-electron chi connectivity index (χ4n) is 1.19. The van der Waals surface area contributed by atoms with Gasteiger partial charge in [-0.2, -0.15) is 0 Å². The third-order valence-corrected chi connectivity index (χ3v) is 5.45. The van der Waals surface area contributed by atoms with Crippen LogP contribution in [0, 0.1) is 0 Å². The van der Waals surface area contributed by atoms with Gasteiger partial charge in [0.25, 0.3) is 0 Å². The Morgan fingerprint density at radius 2 is 2.23 bits per heavy atom. The Balaban J connectivity index is 2.77. The molecule has 0 fully saturated rings. The summed E-state index contributed by atoms with van der Waals surface area (Å²) in [6.45, 7) is 0. The molecule has 68 valence electrons. The van der Waals surface area contributed by atoms with Gasteiger partial charge in [-0.25, -0.2) is 0 Å². The monoisotopic (exact) mass is 273 g/mol. The first-order valence-electron chi connectivity index (χ1n) is 3.74. The number of thioether (sulfide) groups is 1. The summed E-state index contributed by atoms with van der Waals surface area (Å²) in [5.74, 6) is 0. The lowest BCUT2D eigenvalue weighted by Crippen LogP contribution is -1.81. The molecule has 0 aliphatic heterocycles. The quantitative estimate of drug-likeness (QED) is 0.629. The van der Waals surface area contributed by atoms with Crippen LogP contribution in [0.2, 0.25) is 0 Å². The van der Waals surface area contributed by atoms with Gasteiger partial charge in [0.05, 0.1) is 4.21 Å². The van der Waals surface area contributed by atoms with Crippen LogP contribution < -0.4 is 5.73 Å². The first kappa shape index (κ1) is 9.37. The molecule has 0 aliphatic rings. The molecule has 0 aliphatic carbocycles. The molecule has 0 amide bonds. The molecule has 0 atom stereocenters. The minimum absolute atomic E-state index is 0.818. The topological polar surface area (TPSA) is 26.0 Å². The number of anilines is 1. The number of thiophene rings is 1. The van der Waals surface area contributed by atoms with E-state index in [1.807, 2.05) is 12.1 Å². The van der Waals surface area contributed by atoms with E-state index in [2.05, 4.69) is 28.3 Å². The first-order chi connectivity index (χ1) is 6.22. The number of fused-ring (bicyclic) bond motifs is 1. The van der Waals surface area contributed by atoms with Crippen LogP contribution in [-0.2, 0) is 0 Å². The van der Waals surface area contributed by atoms with Crippen molar-refractivity contribution in [1.29, 1.82) is 0 Å². The van der Waals surface area contributed by atoms with E-state index >= 15 is 0 Å². The van der Waals surface area contributed by atoms with E-state index in [1.54, 1.807) is 23.1 Å². The van der Waals surface area contributed by atoms with Crippen LogP contribution in [0.5, 0.6) is 0 Å². The third-order valence-electron chi connectivity index (χ3n) is 1.81. The van der Waals surface area contributed by atoms with Crippen LogP contribution in [0.4, 0.5) is 5.69 Å². The summed E-state index contributed by atoms with van der Waals surface area (Å²) in [7, 11) is 0. The number of nitrogen functional groups attached to an aromatic ring is 1. The molecular formula is C9H8BrNS2. The average Bonchev–Trinajstić information content (AvgIpc) is 2.44. The lowest BCUT2D eigenvalue weighted by atomic mass is 10.2. The SMILES string of the molecule is CSc1sc2ccc(N)cc2c1Br. The van der Waals surface area contributed by atoms with E-state index in [0.29, 0.717) is 0 Å². The predicted molar refractivity (Wildman–Crippen MR) is 65.7 cm³/mol. The van der Waals surface area contributed by atoms with E-state index < -0.39 is 0 Å². The molecule has 0 unspecified atom stereocenters. The van der Waals surface area contributed by atoms with Crippen molar-refractivity contribution in [3.8, 4) is 0 Å². The molecule has 4 heteroatoms. The van der Waals surface area contributed by atoms with Crippen LogP contribution in [0.1, 0.15) is 0 Å². The molecule has 2 aromatic rings. The molecule has 0 spiro atoms. The maximum absolute atomic E-state index is 5.72. The molecule has 1 aromatic heterocycles. The zero-order valence-corrected chi connectivity index (χ0v) is 10.2. The normalized spacial score (nSPS) is 10.9. The highest BCUT2D eigenvalue weighted by Crippen LogP contribution is 2.41. The Morgan fingerprint density at radius 3 is 2.92 bits per heavy atom. The van der Waals surface area contributed by atoms with E-state index in [1.165, 1.54) is 18.8 Å². The fraction of sp³-hybridized carbons (Fsp3) is 0.111. The van der Waals surface area contributed by atoms with Crippen molar-refractivity contribution in [2.45, 2.75) is 4.21 Å². The Labute approximate surface area is 93.4 Å². The average molecular weight is 274 g/mol. The summed E-state index contributed by atoms with van der Waals surface area (Å²) in [5, 5.41) is 1.22. The molecule has 1 heterocycles. The minimum Gasteiger partial charge on any atom is -0.399 e. The molecule has 13 heavy (non-hydrogen) atoms. The van der Waals surface area contributed by atoms with Crippen molar-refractivity contribution in [1.82, 2.24) is 0 Å². The number of rotatable bonds is 1. The number of hydrogen-bond donors (Lipinski definition) is 1. The summed E-state index contributed by atoms with van der Waals surface area (Å²) in [5.41, 5.74) is 6.54. The molecule has 1 nitrogen and oxygen atoms in total. The van der Waals surface area contributed by atoms with Gasteiger partial charge in [-0.15, -0.1) is 23.1 Å². The highest BCUT2D eigenvalue weighted by atomic mass is 79.9. The smallest absolute Gasteiger partial charge is 0.0751 e. The first-order valence-corrected chi connectivity index (χ1v) is 6.57. The minimum atomic E-state index is 0.818. The van der Waals surface area contributed by atoms with E-state index in [4.69, 9.17) is 5.73 Å². The second-order valence-electron chi connectivity index (χ2n) is 2.66. The number of nitrogens with two attached hydrogens (primary N) is 1. The van der Waals surface area contributed by atoms with Gasteiger partial charge in [-0.3, -0.25) is 0 Å². The number of benzene rings is 1. The molecule has 0 saturated carbocycles. The van der Waals surface area contributed by atoms with Gasteiger partial charge in [-0.1, -0.05) is 0 Å². The Kier molecular flexibility index (Phi) is 2.53. The highest BCUT2D eigenvalue weighted by molar-refractivity contribution is 9.10. The standard InChI is InChI=1S/C9H8BrNS2/c1-12-9-8(10)6-4-5(11)2-3-7(6)13-9/h2-4H,11H2,1H3. The molecular weight excluding hydrogens is 266 g/mol. The van der Waals surface area contributed by atoms with Crippen LogP contribution in [0.15, 0.2) is 26.9 Å². The van der Waals surface area contributed by atoms with Crippen LogP contribution in [0.3, 0.4) is 0 Å². The van der Waals surface area contributed by atoms with Crippen LogP contribution in [-0.4, -0.2) is 6.26 Å². The van der Waals surface area contributed by atoms with Crippen molar-refractivity contribution in [3.05, 3.63) is 22.7 Å². The van der Waals surface area contributed by atoms with Crippen molar-refractivity contribution < 1.29 is 0 Å². The maximum Gasteiger partial charge on any atom is 0.0751 e. The number of hydrogen-bond acceptors (Lipinski definition) is 3. The summed E-state index contributed by atoms with van der Waals surface area (Å²) in [6.07, 6.45) is 2.08. The van der Waals surface area contributed by atoms with E-state index in [0.717, 1.165) is 5.69 Å². The molecule has 0 radical (unpaired) electrons. The molecule has 2 rings (SSSR count). The lowest BCUT2D eigenvalue weighted by molar-refractivity contribution is 1.67. The summed E-state index contributed by atoms with van der Waals surface area (Å²) >= 11 is 7.13. The van der Waals surface area contributed by atoms with Gasteiger partial charge in [0, 0.05) is 20.2 Å². The lowest BCUT2D eigenvalue weighted by Gasteiger charge is -1.93. The van der Waals surface area contributed by atoms with Gasteiger partial charge in [-0.05, 0) is 40.4 Å². The summed E-state index contributed by atoms with van der Waals surface area (Å²) < 4.78 is 3.76. The van der Waals surface area contributed by atoms with Crippen LogP contribution >= 0.6 is 39.0 Å². The maximum atomic E-state index is 5.72. The van der Waals surface area contributed by atoms with Gasteiger partial charge in [0.15, 0.2) is 0 Å². The summed E-state index contributed by atoms with van der Waals surface area (Å²) in [6, 6.07) is 6.02. The number of halogens is 1. The van der Waals surface area contributed by atoms with E-state index in [9.17, 15) is 0 Å². The zero-order chi connectivity index (χ0) is 9.42. The van der Waals surface area contributed by atoms with Gasteiger partial charge in [0.1, 0.15) is 0 Å². The molecule has 1 aromatic carbocycles. The molecule has 0 saturated heterocycles. The predicted octanol–water partition coefficient (Wildman–Crippen LogP) is 3.97. The zero-order valence-electron chi connectivity index (χ0n) is 7.00. The Bertz CT molecular complexity index is 450. The van der Waals surface area contributed by atoms with Gasteiger partial charge in [0.2, 0.25) is 0 Å². The van der Waals surface area contributed by atoms with Crippen molar-refractivity contribution >= 4 is 54.8 Å². The summed E-state index contributed by atoms with van der Waals surface area (Å²) in [4.78, 5) is 0. The molecule has 0 bridgehead atoms. The largest absolute Gasteiger partial charge is 0.399 e. The van der Waals surface area contributed by atoms with E-state index in [-0.39, 0.29) is 0 Å². The van der Waals surface area contributed by atoms with Crippen molar-refractivity contribution in [2.75, 3.05) is 12.0 Å². The Morgan fingerprint density at radius 1 is 1.46 bits per heavy atom. The molecule has 2 N–H and O–H groups in total. The van der Waals surface area contributed by atoms with Gasteiger partial charge >= 0.3 is 0 Å². The van der Waals surface area contributed by atoms with Crippen molar-refractivity contribution in [3.63, 3.8) is 0 Å². The fourth-order valence-corrected chi connectivity index (χ4v) is 4.08. The second kappa shape index (κ2) is 3.52. The highest BCUT2D eigenvalue weighted by Gasteiger charge is 2.08. The van der Waals surface area contributed by atoms with Crippen LogP contribution in [0.25, 0.3) is 10.1 Å².